The van der Waals surface area contributed by atoms with Gasteiger partial charge in [-0.15, -0.1) is 17.9 Å². The number of benzene rings is 2. The van der Waals surface area contributed by atoms with E-state index in [0.29, 0.717) is 24.5 Å². The van der Waals surface area contributed by atoms with Gasteiger partial charge in [0.05, 0.1) is 16.3 Å². The van der Waals surface area contributed by atoms with Crippen LogP contribution in [-0.2, 0) is 16.6 Å². The highest BCUT2D eigenvalue weighted by molar-refractivity contribution is 7.89. The zero-order chi connectivity index (χ0) is 20.9. The molecular weight excluding hydrogens is 402 g/mol. The van der Waals surface area contributed by atoms with Gasteiger partial charge in [0.15, 0.2) is 4.80 Å². The van der Waals surface area contributed by atoms with E-state index in [0.717, 1.165) is 21.7 Å². The van der Waals surface area contributed by atoms with E-state index in [2.05, 4.69) is 11.1 Å². The average Bonchev–Trinajstić information content (AvgIpc) is 3.12. The van der Waals surface area contributed by atoms with Gasteiger partial charge in [-0.2, -0.15) is 4.31 Å². The highest BCUT2D eigenvalue weighted by atomic mass is 32.2. The number of hydrogen-bond donors (Lipinski definition) is 0. The monoisotopic (exact) mass is 427 g/mol. The van der Waals surface area contributed by atoms with Crippen LogP contribution >= 0.6 is 11.3 Å². The van der Waals surface area contributed by atoms with Gasteiger partial charge in [-0.25, -0.2) is 13.4 Å². The van der Waals surface area contributed by atoms with Gasteiger partial charge in [-0.1, -0.05) is 50.3 Å². The number of allylic oxidation sites excluding steroid dienone is 1. The third-order valence-electron chi connectivity index (χ3n) is 4.58. The molecule has 7 heteroatoms. The molecule has 152 valence electrons. The van der Waals surface area contributed by atoms with Crippen molar-refractivity contribution in [3.05, 3.63) is 77.4 Å². The minimum absolute atomic E-state index is 0.310. The standard InChI is InChI=1S/C22H25N3O2S2/c1-4-16-25-21(17-28-22(25)23-19-10-8-7-9-11-19)18-12-14-20(15-13-18)29(26,27)24(5-2)6-3/h4,7-15,17H,1,5-6,16H2,2-3H3. The van der Waals surface area contributed by atoms with Crippen LogP contribution in [0.1, 0.15) is 13.8 Å². The van der Waals surface area contributed by atoms with Gasteiger partial charge in [0.2, 0.25) is 10.0 Å². The van der Waals surface area contributed by atoms with Crippen LogP contribution < -0.4 is 4.80 Å². The van der Waals surface area contributed by atoms with Crippen molar-refractivity contribution in [2.24, 2.45) is 4.99 Å². The molecule has 0 radical (unpaired) electrons. The van der Waals surface area contributed by atoms with Crippen LogP contribution in [-0.4, -0.2) is 30.4 Å². The highest BCUT2D eigenvalue weighted by Crippen LogP contribution is 2.24. The molecule has 0 amide bonds. The van der Waals surface area contributed by atoms with E-state index >= 15 is 0 Å². The van der Waals surface area contributed by atoms with Crippen LogP contribution in [0.3, 0.4) is 0 Å². The Morgan fingerprint density at radius 1 is 1.07 bits per heavy atom. The Kier molecular flexibility index (Phi) is 6.84. The second-order valence-electron chi connectivity index (χ2n) is 6.36. The van der Waals surface area contributed by atoms with Gasteiger partial charge in [0.1, 0.15) is 0 Å². The van der Waals surface area contributed by atoms with E-state index in [-0.39, 0.29) is 0 Å². The predicted molar refractivity (Wildman–Crippen MR) is 120 cm³/mol. The van der Waals surface area contributed by atoms with Gasteiger partial charge < -0.3 is 4.57 Å². The fourth-order valence-corrected chi connectivity index (χ4v) is 5.47. The number of thiazole rings is 1. The molecule has 0 saturated heterocycles. The van der Waals surface area contributed by atoms with Gasteiger partial charge in [-0.05, 0) is 29.8 Å². The number of sulfonamides is 1. The van der Waals surface area contributed by atoms with Gasteiger partial charge in [0, 0.05) is 25.0 Å². The molecule has 0 aliphatic heterocycles. The molecule has 3 aromatic rings. The minimum atomic E-state index is -3.46. The van der Waals surface area contributed by atoms with Crippen molar-refractivity contribution in [2.45, 2.75) is 25.3 Å². The lowest BCUT2D eigenvalue weighted by Gasteiger charge is -2.18. The number of rotatable bonds is 8. The maximum absolute atomic E-state index is 12.7. The van der Waals surface area contributed by atoms with Crippen molar-refractivity contribution >= 4 is 27.0 Å². The lowest BCUT2D eigenvalue weighted by atomic mass is 10.2. The first-order valence-corrected chi connectivity index (χ1v) is 11.8. The predicted octanol–water partition coefficient (Wildman–Crippen LogP) is 4.67. The SMILES string of the molecule is C=CCn1c(-c2ccc(S(=O)(=O)N(CC)CC)cc2)csc1=Nc1ccccc1. The molecule has 0 atom stereocenters. The molecule has 0 saturated carbocycles. The summed E-state index contributed by atoms with van der Waals surface area (Å²) in [4.78, 5) is 5.92. The Morgan fingerprint density at radius 3 is 2.31 bits per heavy atom. The Balaban J connectivity index is 2.01. The summed E-state index contributed by atoms with van der Waals surface area (Å²) >= 11 is 1.55. The summed E-state index contributed by atoms with van der Waals surface area (Å²) < 4.78 is 29.0. The van der Waals surface area contributed by atoms with Crippen molar-refractivity contribution in [2.75, 3.05) is 13.1 Å². The number of para-hydroxylation sites is 1. The summed E-state index contributed by atoms with van der Waals surface area (Å²) in [6, 6.07) is 16.9. The topological polar surface area (TPSA) is 54.7 Å². The molecule has 29 heavy (non-hydrogen) atoms. The van der Waals surface area contributed by atoms with E-state index in [1.807, 2.05) is 67.8 Å². The van der Waals surface area contributed by atoms with Crippen molar-refractivity contribution in [3.63, 3.8) is 0 Å². The van der Waals surface area contributed by atoms with Crippen LogP contribution in [0.15, 0.2) is 82.5 Å². The second-order valence-corrected chi connectivity index (χ2v) is 9.14. The summed E-state index contributed by atoms with van der Waals surface area (Å²) in [5, 5.41) is 2.04. The van der Waals surface area contributed by atoms with E-state index in [1.54, 1.807) is 23.5 Å². The summed E-state index contributed by atoms with van der Waals surface area (Å²) in [7, 11) is -3.46. The molecule has 5 nitrogen and oxygen atoms in total. The fourth-order valence-electron chi connectivity index (χ4n) is 3.08. The summed E-state index contributed by atoms with van der Waals surface area (Å²) in [5.74, 6) is 0. The zero-order valence-corrected chi connectivity index (χ0v) is 18.3. The summed E-state index contributed by atoms with van der Waals surface area (Å²) in [6.07, 6.45) is 1.83. The fraction of sp³-hybridized carbons (Fsp3) is 0.227. The van der Waals surface area contributed by atoms with Crippen molar-refractivity contribution < 1.29 is 8.42 Å². The largest absolute Gasteiger partial charge is 0.313 e. The summed E-state index contributed by atoms with van der Waals surface area (Å²) in [5.41, 5.74) is 2.81. The molecule has 0 unspecified atom stereocenters. The normalized spacial score (nSPS) is 12.4. The first-order chi connectivity index (χ1) is 14.0. The lowest BCUT2D eigenvalue weighted by molar-refractivity contribution is 0.445. The first kappa shape index (κ1) is 21.2. The quantitative estimate of drug-likeness (QED) is 0.491. The van der Waals surface area contributed by atoms with Crippen LogP contribution in [0.2, 0.25) is 0 Å². The zero-order valence-electron chi connectivity index (χ0n) is 16.7. The summed E-state index contributed by atoms with van der Waals surface area (Å²) in [6.45, 7) is 9.07. The van der Waals surface area contributed by atoms with Crippen LogP contribution in [0.25, 0.3) is 11.3 Å². The minimum Gasteiger partial charge on any atom is -0.313 e. The molecule has 2 aromatic carbocycles. The Labute approximate surface area is 176 Å². The van der Waals surface area contributed by atoms with E-state index < -0.39 is 10.0 Å². The lowest BCUT2D eigenvalue weighted by Crippen LogP contribution is -2.30. The van der Waals surface area contributed by atoms with Gasteiger partial charge >= 0.3 is 0 Å². The highest BCUT2D eigenvalue weighted by Gasteiger charge is 2.21. The van der Waals surface area contributed by atoms with Crippen molar-refractivity contribution in [1.29, 1.82) is 0 Å². The third-order valence-corrected chi connectivity index (χ3v) is 7.51. The van der Waals surface area contributed by atoms with Crippen molar-refractivity contribution in [1.82, 2.24) is 8.87 Å². The smallest absolute Gasteiger partial charge is 0.243 e. The molecule has 1 aromatic heterocycles. The van der Waals surface area contributed by atoms with Gasteiger partial charge in [0.25, 0.3) is 0 Å². The number of nitrogens with zero attached hydrogens (tertiary/aromatic N) is 3. The van der Waals surface area contributed by atoms with E-state index in [4.69, 9.17) is 4.99 Å². The average molecular weight is 428 g/mol. The van der Waals surface area contributed by atoms with Crippen LogP contribution in [0, 0.1) is 0 Å². The van der Waals surface area contributed by atoms with Crippen LogP contribution in [0.4, 0.5) is 5.69 Å². The molecule has 0 fully saturated rings. The Morgan fingerprint density at radius 2 is 1.72 bits per heavy atom. The number of hydrogen-bond acceptors (Lipinski definition) is 4. The molecule has 0 aliphatic carbocycles. The molecule has 0 spiro atoms. The third kappa shape index (κ3) is 4.58. The van der Waals surface area contributed by atoms with Crippen LogP contribution in [0.5, 0.6) is 0 Å². The van der Waals surface area contributed by atoms with E-state index in [9.17, 15) is 8.42 Å². The molecular formula is C22H25N3O2S2. The molecule has 0 N–H and O–H groups in total. The first-order valence-electron chi connectivity index (χ1n) is 9.50. The molecule has 0 aliphatic rings. The molecule has 1 heterocycles. The molecule has 3 rings (SSSR count). The Bertz CT molecular complexity index is 1120. The maximum Gasteiger partial charge on any atom is 0.243 e. The number of aromatic nitrogens is 1. The maximum atomic E-state index is 12.7. The Hall–Kier alpha value is -2.48. The van der Waals surface area contributed by atoms with Gasteiger partial charge in [-0.3, -0.25) is 0 Å². The van der Waals surface area contributed by atoms with E-state index in [1.165, 1.54) is 4.31 Å². The van der Waals surface area contributed by atoms with Crippen molar-refractivity contribution in [3.8, 4) is 11.3 Å². The second kappa shape index (κ2) is 9.35. The molecule has 0 bridgehead atoms.